The van der Waals surface area contributed by atoms with E-state index in [1.165, 1.54) is 6.92 Å². The zero-order valence-electron chi connectivity index (χ0n) is 11.1. The van der Waals surface area contributed by atoms with Crippen molar-refractivity contribution in [2.45, 2.75) is 19.4 Å². The first-order valence-corrected chi connectivity index (χ1v) is 6.43. The molecule has 0 saturated heterocycles. The van der Waals surface area contributed by atoms with Gasteiger partial charge in [-0.1, -0.05) is 12.1 Å². The molecule has 2 N–H and O–H groups in total. The van der Waals surface area contributed by atoms with Crippen molar-refractivity contribution in [3.05, 3.63) is 35.4 Å². The minimum Gasteiger partial charge on any atom is -0.396 e. The van der Waals surface area contributed by atoms with E-state index in [1.54, 1.807) is 24.3 Å². The SMILES string of the molecule is CC(C(=O)NCCCO)N1C(=O)c2ccccc2C1=O. The molecule has 20 heavy (non-hydrogen) atoms. The maximum Gasteiger partial charge on any atom is 0.262 e. The molecule has 3 amide bonds. The summed E-state index contributed by atoms with van der Waals surface area (Å²) in [6, 6.07) is 5.64. The third kappa shape index (κ3) is 2.42. The maximum atomic E-state index is 12.2. The van der Waals surface area contributed by atoms with Crippen LogP contribution >= 0.6 is 0 Å². The summed E-state index contributed by atoms with van der Waals surface area (Å²) in [5, 5.41) is 11.2. The number of carbonyl (C=O) groups is 3. The minimum absolute atomic E-state index is 0.0261. The van der Waals surface area contributed by atoms with Gasteiger partial charge in [-0.25, -0.2) is 0 Å². The molecule has 1 heterocycles. The highest BCUT2D eigenvalue weighted by molar-refractivity contribution is 6.22. The Morgan fingerprint density at radius 3 is 2.30 bits per heavy atom. The van der Waals surface area contributed by atoms with E-state index in [0.29, 0.717) is 24.1 Å². The van der Waals surface area contributed by atoms with E-state index in [1.807, 2.05) is 0 Å². The van der Waals surface area contributed by atoms with Gasteiger partial charge in [-0.05, 0) is 25.5 Å². The predicted octanol–water partition coefficient (Wildman–Crippen LogP) is 0.170. The number of aliphatic hydroxyl groups excluding tert-OH is 1. The minimum atomic E-state index is -0.874. The van der Waals surface area contributed by atoms with Gasteiger partial charge in [0.15, 0.2) is 0 Å². The zero-order valence-corrected chi connectivity index (χ0v) is 11.1. The second-order valence-corrected chi connectivity index (χ2v) is 4.57. The number of carbonyl (C=O) groups excluding carboxylic acids is 3. The normalized spacial score (nSPS) is 15.2. The molecule has 0 bridgehead atoms. The van der Waals surface area contributed by atoms with Crippen LogP contribution in [0.3, 0.4) is 0 Å². The van der Waals surface area contributed by atoms with Crippen molar-refractivity contribution < 1.29 is 19.5 Å². The number of nitrogens with zero attached hydrogens (tertiary/aromatic N) is 1. The molecule has 1 aliphatic heterocycles. The van der Waals surface area contributed by atoms with Crippen LogP contribution in [0.25, 0.3) is 0 Å². The van der Waals surface area contributed by atoms with Crippen LogP contribution in [0.5, 0.6) is 0 Å². The lowest BCUT2D eigenvalue weighted by molar-refractivity contribution is -0.124. The molecule has 6 nitrogen and oxygen atoms in total. The van der Waals surface area contributed by atoms with Crippen molar-refractivity contribution in [1.82, 2.24) is 10.2 Å². The number of nitrogens with one attached hydrogen (secondary N) is 1. The van der Waals surface area contributed by atoms with Gasteiger partial charge in [0.1, 0.15) is 6.04 Å². The summed E-state index contributed by atoms with van der Waals surface area (Å²) in [6.07, 6.45) is 0.431. The fourth-order valence-electron chi connectivity index (χ4n) is 2.12. The van der Waals surface area contributed by atoms with E-state index in [-0.39, 0.29) is 6.61 Å². The van der Waals surface area contributed by atoms with Crippen molar-refractivity contribution in [3.8, 4) is 0 Å². The summed E-state index contributed by atoms with van der Waals surface area (Å²) >= 11 is 0. The van der Waals surface area contributed by atoms with Crippen LogP contribution in [-0.4, -0.2) is 46.9 Å². The molecular weight excluding hydrogens is 260 g/mol. The van der Waals surface area contributed by atoms with Gasteiger partial charge in [0, 0.05) is 13.2 Å². The van der Waals surface area contributed by atoms with E-state index in [0.717, 1.165) is 4.90 Å². The van der Waals surface area contributed by atoms with Crippen molar-refractivity contribution in [1.29, 1.82) is 0 Å². The Morgan fingerprint density at radius 1 is 1.25 bits per heavy atom. The molecule has 1 aromatic carbocycles. The highest BCUT2D eigenvalue weighted by Crippen LogP contribution is 2.24. The number of imide groups is 1. The van der Waals surface area contributed by atoms with Crippen LogP contribution in [0.2, 0.25) is 0 Å². The average molecular weight is 276 g/mol. The molecule has 106 valence electrons. The first kappa shape index (κ1) is 14.2. The average Bonchev–Trinajstić information content (AvgIpc) is 2.71. The largest absolute Gasteiger partial charge is 0.396 e. The van der Waals surface area contributed by atoms with Crippen molar-refractivity contribution in [2.24, 2.45) is 0 Å². The number of aliphatic hydroxyl groups is 1. The molecule has 0 spiro atoms. The molecule has 0 saturated carbocycles. The van der Waals surface area contributed by atoms with Crippen LogP contribution in [-0.2, 0) is 4.79 Å². The number of rotatable bonds is 5. The quantitative estimate of drug-likeness (QED) is 0.593. The molecule has 1 aromatic rings. The van der Waals surface area contributed by atoms with Crippen molar-refractivity contribution in [2.75, 3.05) is 13.2 Å². The fourth-order valence-corrected chi connectivity index (χ4v) is 2.12. The molecule has 0 aromatic heterocycles. The van der Waals surface area contributed by atoms with E-state index in [9.17, 15) is 14.4 Å². The van der Waals surface area contributed by atoms with E-state index in [4.69, 9.17) is 5.11 Å². The van der Waals surface area contributed by atoms with Gasteiger partial charge in [-0.15, -0.1) is 0 Å². The molecular formula is C14H16N2O4. The standard InChI is InChI=1S/C14H16N2O4/c1-9(12(18)15-7-4-8-17)16-13(19)10-5-2-3-6-11(10)14(16)20/h2-3,5-6,9,17H,4,7-8H2,1H3,(H,15,18). The lowest BCUT2D eigenvalue weighted by atomic mass is 10.1. The molecule has 6 heteroatoms. The van der Waals surface area contributed by atoms with Crippen LogP contribution in [0.15, 0.2) is 24.3 Å². The highest BCUT2D eigenvalue weighted by atomic mass is 16.3. The summed E-state index contributed by atoms with van der Waals surface area (Å²) in [6.45, 7) is 1.79. The fraction of sp³-hybridized carbons (Fsp3) is 0.357. The van der Waals surface area contributed by atoms with Crippen molar-refractivity contribution >= 4 is 17.7 Å². The smallest absolute Gasteiger partial charge is 0.262 e. The van der Waals surface area contributed by atoms with E-state index < -0.39 is 23.8 Å². The first-order chi connectivity index (χ1) is 9.57. The van der Waals surface area contributed by atoms with Crippen molar-refractivity contribution in [3.63, 3.8) is 0 Å². The van der Waals surface area contributed by atoms with Gasteiger partial charge in [-0.2, -0.15) is 0 Å². The molecule has 1 atom stereocenters. The third-order valence-electron chi connectivity index (χ3n) is 3.23. The van der Waals surface area contributed by atoms with Gasteiger partial charge in [0.05, 0.1) is 11.1 Å². The monoisotopic (exact) mass is 276 g/mol. The molecule has 0 aliphatic carbocycles. The zero-order chi connectivity index (χ0) is 14.7. The number of hydrogen-bond donors (Lipinski definition) is 2. The van der Waals surface area contributed by atoms with Crippen LogP contribution < -0.4 is 5.32 Å². The highest BCUT2D eigenvalue weighted by Gasteiger charge is 2.40. The van der Waals surface area contributed by atoms with Crippen LogP contribution in [0.1, 0.15) is 34.1 Å². The Bertz CT molecular complexity index is 521. The summed E-state index contributed by atoms with van der Waals surface area (Å²) < 4.78 is 0. The Labute approximate surface area is 116 Å². The molecule has 2 rings (SSSR count). The summed E-state index contributed by atoms with van der Waals surface area (Å²) in [5.74, 6) is -1.31. The molecule has 0 radical (unpaired) electrons. The lowest BCUT2D eigenvalue weighted by Crippen LogP contribution is -2.48. The topological polar surface area (TPSA) is 86.7 Å². The van der Waals surface area contributed by atoms with Crippen LogP contribution in [0, 0.1) is 0 Å². The van der Waals surface area contributed by atoms with Gasteiger partial charge >= 0.3 is 0 Å². The van der Waals surface area contributed by atoms with Gasteiger partial charge in [0.25, 0.3) is 11.8 Å². The second-order valence-electron chi connectivity index (χ2n) is 4.57. The molecule has 1 aliphatic rings. The van der Waals surface area contributed by atoms with Crippen LogP contribution in [0.4, 0.5) is 0 Å². The molecule has 1 unspecified atom stereocenters. The first-order valence-electron chi connectivity index (χ1n) is 6.43. The third-order valence-corrected chi connectivity index (χ3v) is 3.23. The maximum absolute atomic E-state index is 12.2. The van der Waals surface area contributed by atoms with E-state index in [2.05, 4.69) is 5.32 Å². The summed E-state index contributed by atoms with van der Waals surface area (Å²) in [4.78, 5) is 37.2. The summed E-state index contributed by atoms with van der Waals surface area (Å²) in [7, 11) is 0. The van der Waals surface area contributed by atoms with E-state index >= 15 is 0 Å². The second kappa shape index (κ2) is 5.83. The Kier molecular flexibility index (Phi) is 4.14. The number of amides is 3. The molecule has 0 fully saturated rings. The lowest BCUT2D eigenvalue weighted by Gasteiger charge is -2.21. The van der Waals surface area contributed by atoms with Gasteiger partial charge in [0.2, 0.25) is 5.91 Å². The Balaban J connectivity index is 2.13. The predicted molar refractivity (Wildman–Crippen MR) is 71.1 cm³/mol. The Hall–Kier alpha value is -2.21. The Morgan fingerprint density at radius 2 is 1.80 bits per heavy atom. The summed E-state index contributed by atoms with van der Waals surface area (Å²) in [5.41, 5.74) is 0.653. The number of benzene rings is 1. The number of hydrogen-bond acceptors (Lipinski definition) is 4. The number of fused-ring (bicyclic) bond motifs is 1. The van der Waals surface area contributed by atoms with Gasteiger partial charge in [-0.3, -0.25) is 19.3 Å². The van der Waals surface area contributed by atoms with Gasteiger partial charge < -0.3 is 10.4 Å².